The Morgan fingerprint density at radius 1 is 1.37 bits per heavy atom. The topological polar surface area (TPSA) is 57.2 Å². The summed E-state index contributed by atoms with van der Waals surface area (Å²) in [5.74, 6) is 0.626. The van der Waals surface area contributed by atoms with Gasteiger partial charge in [-0.3, -0.25) is 4.99 Å². The molecule has 1 fully saturated rings. The quantitative estimate of drug-likeness (QED) is 0.648. The molecule has 1 unspecified atom stereocenters. The molecule has 0 saturated carbocycles. The molecule has 1 saturated heterocycles. The molecule has 150 valence electrons. The Morgan fingerprint density at radius 3 is 2.78 bits per heavy atom. The van der Waals surface area contributed by atoms with Crippen LogP contribution in [0.1, 0.15) is 31.9 Å². The van der Waals surface area contributed by atoms with Crippen molar-refractivity contribution < 1.29 is 13.9 Å². The summed E-state index contributed by atoms with van der Waals surface area (Å²) < 4.78 is 19.1. The van der Waals surface area contributed by atoms with Gasteiger partial charge in [-0.25, -0.2) is 9.18 Å². The maximum absolute atomic E-state index is 13.7. The van der Waals surface area contributed by atoms with E-state index in [0.29, 0.717) is 38.3 Å². The molecular formula is C19H28FIN4O2. The molecule has 1 aromatic carbocycles. The largest absolute Gasteiger partial charge is 0.444 e. The predicted molar refractivity (Wildman–Crippen MR) is 114 cm³/mol. The van der Waals surface area contributed by atoms with E-state index in [2.05, 4.69) is 15.2 Å². The van der Waals surface area contributed by atoms with Crippen LogP contribution >= 0.6 is 24.0 Å². The highest BCUT2D eigenvalue weighted by Gasteiger charge is 2.36. The number of piperazine rings is 1. The summed E-state index contributed by atoms with van der Waals surface area (Å²) >= 11 is 0. The van der Waals surface area contributed by atoms with Crippen LogP contribution in [0.3, 0.4) is 0 Å². The molecule has 27 heavy (non-hydrogen) atoms. The Kier molecular flexibility index (Phi) is 6.93. The second-order valence-corrected chi connectivity index (χ2v) is 7.87. The average Bonchev–Trinajstić information content (AvgIpc) is 2.96. The number of benzene rings is 1. The minimum Gasteiger partial charge on any atom is -0.444 e. The van der Waals surface area contributed by atoms with Crippen molar-refractivity contribution >= 4 is 36.0 Å². The molecule has 1 aromatic rings. The molecule has 1 atom stereocenters. The molecule has 2 aliphatic heterocycles. The van der Waals surface area contributed by atoms with E-state index in [1.807, 2.05) is 26.8 Å². The molecule has 8 heteroatoms. The number of amides is 1. The second-order valence-electron chi connectivity index (χ2n) is 7.87. The zero-order valence-electron chi connectivity index (χ0n) is 16.3. The first-order chi connectivity index (χ1) is 12.2. The molecule has 1 amide bonds. The minimum atomic E-state index is -0.490. The predicted octanol–water partition coefficient (Wildman–Crippen LogP) is 3.13. The van der Waals surface area contributed by atoms with E-state index in [9.17, 15) is 9.18 Å². The number of fused-ring (bicyclic) bond motifs is 1. The van der Waals surface area contributed by atoms with Gasteiger partial charge in [0, 0.05) is 26.2 Å². The molecule has 3 rings (SSSR count). The van der Waals surface area contributed by atoms with E-state index in [4.69, 9.17) is 4.74 Å². The zero-order valence-corrected chi connectivity index (χ0v) is 18.6. The molecule has 2 heterocycles. The molecule has 0 bridgehead atoms. The van der Waals surface area contributed by atoms with E-state index in [1.165, 1.54) is 0 Å². The van der Waals surface area contributed by atoms with Gasteiger partial charge in [0.25, 0.3) is 0 Å². The Hall–Kier alpha value is -1.58. The fourth-order valence-corrected chi connectivity index (χ4v) is 3.15. The van der Waals surface area contributed by atoms with Crippen LogP contribution in [0, 0.1) is 12.7 Å². The average molecular weight is 490 g/mol. The number of guanidine groups is 1. The lowest BCUT2D eigenvalue weighted by Gasteiger charge is -2.39. The Bertz CT molecular complexity index is 720. The highest BCUT2D eigenvalue weighted by molar-refractivity contribution is 14.0. The van der Waals surface area contributed by atoms with Gasteiger partial charge in [0.1, 0.15) is 11.4 Å². The van der Waals surface area contributed by atoms with Crippen molar-refractivity contribution in [2.45, 2.75) is 45.9 Å². The summed E-state index contributed by atoms with van der Waals surface area (Å²) in [6, 6.07) is 5.41. The van der Waals surface area contributed by atoms with E-state index in [0.717, 1.165) is 11.5 Å². The molecule has 0 aliphatic carbocycles. The van der Waals surface area contributed by atoms with Crippen molar-refractivity contribution in [1.82, 2.24) is 15.1 Å². The standard InChI is InChI=1S/C19H27FN4O2.HI/c1-13-5-6-14(9-16(13)20)10-21-17-22-11-15-12-23(7-8-24(15)17)18(25)26-19(2,3)4;/h5-6,9,15H,7-8,10-12H2,1-4H3,(H,21,22);1H. The summed E-state index contributed by atoms with van der Waals surface area (Å²) in [5, 5.41) is 3.30. The Balaban J connectivity index is 0.00000261. The number of hydrogen-bond acceptors (Lipinski definition) is 5. The third kappa shape index (κ3) is 5.46. The number of halogens is 2. The van der Waals surface area contributed by atoms with Gasteiger partial charge in [0.2, 0.25) is 0 Å². The van der Waals surface area contributed by atoms with Crippen LogP contribution in [0.15, 0.2) is 23.2 Å². The maximum Gasteiger partial charge on any atom is 0.410 e. The highest BCUT2D eigenvalue weighted by Crippen LogP contribution is 2.19. The highest BCUT2D eigenvalue weighted by atomic mass is 127. The number of rotatable bonds is 2. The van der Waals surface area contributed by atoms with Crippen LogP contribution in [0.5, 0.6) is 0 Å². The van der Waals surface area contributed by atoms with Gasteiger partial charge < -0.3 is 19.9 Å². The third-order valence-electron chi connectivity index (χ3n) is 4.55. The maximum atomic E-state index is 13.7. The molecule has 6 nitrogen and oxygen atoms in total. The molecule has 0 aromatic heterocycles. The first kappa shape index (κ1) is 21.7. The summed E-state index contributed by atoms with van der Waals surface area (Å²) in [4.78, 5) is 20.7. The van der Waals surface area contributed by atoms with Gasteiger partial charge in [0.15, 0.2) is 5.96 Å². The second kappa shape index (κ2) is 8.62. The van der Waals surface area contributed by atoms with E-state index >= 15 is 0 Å². The lowest BCUT2D eigenvalue weighted by Crippen LogP contribution is -2.57. The van der Waals surface area contributed by atoms with Gasteiger partial charge in [-0.15, -0.1) is 24.0 Å². The zero-order chi connectivity index (χ0) is 18.9. The number of nitrogens with one attached hydrogen (secondary N) is 1. The van der Waals surface area contributed by atoms with Crippen molar-refractivity contribution in [2.75, 3.05) is 26.2 Å². The van der Waals surface area contributed by atoms with E-state index < -0.39 is 5.60 Å². The van der Waals surface area contributed by atoms with Gasteiger partial charge >= 0.3 is 6.09 Å². The summed E-state index contributed by atoms with van der Waals surface area (Å²) in [5.41, 5.74) is 1.04. The lowest BCUT2D eigenvalue weighted by atomic mass is 10.1. The van der Waals surface area contributed by atoms with Gasteiger partial charge in [0.05, 0.1) is 12.6 Å². The van der Waals surface area contributed by atoms with Crippen LogP contribution in [-0.4, -0.2) is 59.7 Å². The van der Waals surface area contributed by atoms with Crippen LogP contribution in [-0.2, 0) is 11.3 Å². The molecule has 0 spiro atoms. The van der Waals surface area contributed by atoms with E-state index in [-0.39, 0.29) is 41.9 Å². The van der Waals surface area contributed by atoms with Crippen LogP contribution in [0.4, 0.5) is 9.18 Å². The number of hydrogen-bond donors (Lipinski definition) is 1. The van der Waals surface area contributed by atoms with Crippen LogP contribution < -0.4 is 5.32 Å². The van der Waals surface area contributed by atoms with Crippen molar-refractivity contribution in [2.24, 2.45) is 4.99 Å². The van der Waals surface area contributed by atoms with Gasteiger partial charge in [-0.1, -0.05) is 12.1 Å². The van der Waals surface area contributed by atoms with Crippen molar-refractivity contribution in [3.8, 4) is 0 Å². The first-order valence-electron chi connectivity index (χ1n) is 9.01. The number of aryl methyl sites for hydroxylation is 1. The molecule has 0 radical (unpaired) electrons. The normalized spacial score (nSPS) is 19.1. The SMILES string of the molecule is Cc1ccc(CNC2=NCC3CN(C(=O)OC(C)(C)C)CCN23)cc1F.I. The summed E-state index contributed by atoms with van der Waals surface area (Å²) in [6.45, 7) is 10.4. The smallest absolute Gasteiger partial charge is 0.410 e. The lowest BCUT2D eigenvalue weighted by molar-refractivity contribution is 0.0137. The Morgan fingerprint density at radius 2 is 2.11 bits per heavy atom. The van der Waals surface area contributed by atoms with Crippen molar-refractivity contribution in [3.63, 3.8) is 0 Å². The van der Waals surface area contributed by atoms with Crippen LogP contribution in [0.2, 0.25) is 0 Å². The molecular weight excluding hydrogens is 462 g/mol. The van der Waals surface area contributed by atoms with Crippen molar-refractivity contribution in [1.29, 1.82) is 0 Å². The summed E-state index contributed by atoms with van der Waals surface area (Å²) in [6.07, 6.45) is -0.270. The third-order valence-corrected chi connectivity index (χ3v) is 4.55. The van der Waals surface area contributed by atoms with Crippen LogP contribution in [0.25, 0.3) is 0 Å². The van der Waals surface area contributed by atoms with E-state index in [1.54, 1.807) is 24.0 Å². The Labute approximate surface area is 177 Å². The van der Waals surface area contributed by atoms with Gasteiger partial charge in [-0.05, 0) is 44.9 Å². The number of carbonyl (C=O) groups is 1. The molecule has 1 N–H and O–H groups in total. The molecule has 2 aliphatic rings. The fourth-order valence-electron chi connectivity index (χ4n) is 3.15. The minimum absolute atomic E-state index is 0. The van der Waals surface area contributed by atoms with Crippen molar-refractivity contribution in [3.05, 3.63) is 35.1 Å². The number of ether oxygens (including phenoxy) is 1. The van der Waals surface area contributed by atoms with Gasteiger partial charge in [-0.2, -0.15) is 0 Å². The number of aliphatic imine (C=N–C) groups is 1. The first-order valence-corrected chi connectivity index (χ1v) is 9.01. The summed E-state index contributed by atoms with van der Waals surface area (Å²) in [7, 11) is 0. The number of nitrogens with zero attached hydrogens (tertiary/aromatic N) is 3. The fraction of sp³-hybridized carbons (Fsp3) is 0.579. The number of carbonyl (C=O) groups excluding carboxylic acids is 1. The monoisotopic (exact) mass is 490 g/mol.